The predicted molar refractivity (Wildman–Crippen MR) is 106 cm³/mol. The molecule has 1 aliphatic heterocycles. The number of pyridine rings is 1. The summed E-state index contributed by atoms with van der Waals surface area (Å²) in [5.41, 5.74) is 13.8. The van der Waals surface area contributed by atoms with Gasteiger partial charge in [0.2, 0.25) is 5.96 Å². The summed E-state index contributed by atoms with van der Waals surface area (Å²) in [4.78, 5) is 8.70. The lowest BCUT2D eigenvalue weighted by atomic mass is 9.92. The Kier molecular flexibility index (Phi) is 5.77. The summed E-state index contributed by atoms with van der Waals surface area (Å²) >= 11 is 0. The molecule has 148 valence electrons. The van der Waals surface area contributed by atoms with Crippen LogP contribution >= 0.6 is 0 Å². The third-order valence-electron chi connectivity index (χ3n) is 4.36. The summed E-state index contributed by atoms with van der Waals surface area (Å²) in [6.45, 7) is 2.66. The zero-order chi connectivity index (χ0) is 21.0. The van der Waals surface area contributed by atoms with Gasteiger partial charge in [0.1, 0.15) is 35.1 Å². The largest absolute Gasteiger partial charge is 0.397 e. The van der Waals surface area contributed by atoms with Crippen LogP contribution in [0.3, 0.4) is 0 Å². The van der Waals surface area contributed by atoms with Gasteiger partial charge in [-0.15, -0.1) is 0 Å². The minimum atomic E-state index is -0.747. The number of fused-ring (bicyclic) bond motifs is 1. The van der Waals surface area contributed by atoms with Gasteiger partial charge in [-0.25, -0.2) is 14.4 Å². The zero-order valence-electron chi connectivity index (χ0n) is 15.7. The molecule has 1 aromatic heterocycles. The lowest BCUT2D eigenvalue weighted by Gasteiger charge is -2.27. The van der Waals surface area contributed by atoms with Crippen molar-refractivity contribution in [2.45, 2.75) is 26.0 Å². The van der Waals surface area contributed by atoms with Crippen LogP contribution in [-0.2, 0) is 11.3 Å². The van der Waals surface area contributed by atoms with Crippen LogP contribution in [-0.4, -0.2) is 17.6 Å². The fourth-order valence-electron chi connectivity index (χ4n) is 3.10. The highest BCUT2D eigenvalue weighted by molar-refractivity contribution is 5.98. The Bertz CT molecular complexity index is 1050. The number of ether oxygens (including phenoxy) is 1. The number of aromatic nitrogens is 1. The van der Waals surface area contributed by atoms with E-state index in [2.05, 4.69) is 20.6 Å². The topological polar surface area (TPSA) is 158 Å². The van der Waals surface area contributed by atoms with E-state index in [1.807, 2.05) is 13.0 Å². The maximum Gasteiger partial charge on any atom is 0.211 e. The number of halogens is 1. The SMILES string of the molecule is CCCOCc1cc(F)ccc1C1N=C(NC#N)Nc2nc(N)c(C#N)c(N)c21. The summed E-state index contributed by atoms with van der Waals surface area (Å²) < 4.78 is 19.5. The summed E-state index contributed by atoms with van der Waals surface area (Å²) in [5, 5.41) is 23.7. The molecule has 3 rings (SSSR count). The minimum Gasteiger partial charge on any atom is -0.397 e. The van der Waals surface area contributed by atoms with Crippen molar-refractivity contribution in [3.05, 3.63) is 46.3 Å². The average molecular weight is 394 g/mol. The summed E-state index contributed by atoms with van der Waals surface area (Å²) in [6, 6.07) is 5.45. The molecule has 10 heteroatoms. The van der Waals surface area contributed by atoms with Crippen LogP contribution in [0.1, 0.15) is 41.6 Å². The van der Waals surface area contributed by atoms with Crippen molar-refractivity contribution in [2.75, 3.05) is 23.4 Å². The molecule has 0 spiro atoms. The van der Waals surface area contributed by atoms with Crippen LogP contribution in [0, 0.1) is 28.6 Å². The van der Waals surface area contributed by atoms with E-state index >= 15 is 0 Å². The average Bonchev–Trinajstić information content (AvgIpc) is 2.68. The third kappa shape index (κ3) is 3.88. The van der Waals surface area contributed by atoms with E-state index in [9.17, 15) is 9.65 Å². The van der Waals surface area contributed by atoms with E-state index < -0.39 is 11.9 Å². The lowest BCUT2D eigenvalue weighted by molar-refractivity contribution is 0.120. The Morgan fingerprint density at radius 2 is 2.14 bits per heavy atom. The van der Waals surface area contributed by atoms with Crippen molar-refractivity contribution in [2.24, 2.45) is 4.99 Å². The summed E-state index contributed by atoms with van der Waals surface area (Å²) in [7, 11) is 0. The molecule has 0 fully saturated rings. The first kappa shape index (κ1) is 19.9. The minimum absolute atomic E-state index is 0.0355. The molecule has 1 atom stereocenters. The molecule has 29 heavy (non-hydrogen) atoms. The number of nitriles is 2. The number of rotatable bonds is 5. The number of benzene rings is 1. The van der Waals surface area contributed by atoms with Gasteiger partial charge in [0.15, 0.2) is 6.19 Å². The molecule has 0 amide bonds. The molecule has 1 unspecified atom stereocenters. The first-order chi connectivity index (χ1) is 14.0. The van der Waals surface area contributed by atoms with Gasteiger partial charge in [0, 0.05) is 12.2 Å². The van der Waals surface area contributed by atoms with Crippen LogP contribution in [0.2, 0.25) is 0 Å². The quantitative estimate of drug-likeness (QED) is 0.341. The second-order valence-corrected chi connectivity index (χ2v) is 6.30. The molecule has 0 radical (unpaired) electrons. The highest BCUT2D eigenvalue weighted by atomic mass is 19.1. The Hall–Kier alpha value is -3.89. The molecule has 0 aliphatic carbocycles. The van der Waals surface area contributed by atoms with Crippen molar-refractivity contribution >= 4 is 23.3 Å². The van der Waals surface area contributed by atoms with Gasteiger partial charge in [0.05, 0.1) is 12.3 Å². The van der Waals surface area contributed by atoms with Gasteiger partial charge in [0.25, 0.3) is 0 Å². The standard InChI is InChI=1S/C19H19FN8O/c1-2-5-29-8-10-6-11(20)3-4-12(10)16-14-15(23)13(7-21)17(24)27-18(14)28-19(26-16)25-9-22/h3-4,6,16H,2,5,8H2,1H3,(H6,23,24,25,26,27,28). The van der Waals surface area contributed by atoms with E-state index in [-0.39, 0.29) is 35.5 Å². The Morgan fingerprint density at radius 1 is 1.34 bits per heavy atom. The number of hydrogen-bond donors (Lipinski definition) is 4. The first-order valence-corrected chi connectivity index (χ1v) is 8.85. The lowest BCUT2D eigenvalue weighted by Crippen LogP contribution is -2.33. The number of guanidine groups is 1. The molecule has 2 heterocycles. The molecule has 9 nitrogen and oxygen atoms in total. The summed E-state index contributed by atoms with van der Waals surface area (Å²) in [6.07, 6.45) is 2.60. The molecule has 0 saturated carbocycles. The monoisotopic (exact) mass is 394 g/mol. The summed E-state index contributed by atoms with van der Waals surface area (Å²) in [5.74, 6) is -0.0652. The fraction of sp³-hybridized carbons (Fsp3) is 0.263. The molecular weight excluding hydrogens is 375 g/mol. The highest BCUT2D eigenvalue weighted by Gasteiger charge is 2.31. The highest BCUT2D eigenvalue weighted by Crippen LogP contribution is 2.41. The van der Waals surface area contributed by atoms with Crippen molar-refractivity contribution in [3.63, 3.8) is 0 Å². The fourth-order valence-corrected chi connectivity index (χ4v) is 3.10. The first-order valence-electron chi connectivity index (χ1n) is 8.85. The van der Waals surface area contributed by atoms with Crippen LogP contribution in [0.25, 0.3) is 0 Å². The molecule has 0 bridgehead atoms. The molecule has 0 saturated heterocycles. The number of nitrogens with one attached hydrogen (secondary N) is 2. The van der Waals surface area contributed by atoms with E-state index in [0.29, 0.717) is 23.3 Å². The maximum absolute atomic E-state index is 13.9. The smallest absolute Gasteiger partial charge is 0.211 e. The van der Waals surface area contributed by atoms with E-state index in [1.54, 1.807) is 12.3 Å². The van der Waals surface area contributed by atoms with Crippen LogP contribution in [0.15, 0.2) is 23.2 Å². The molecular formula is C19H19FN8O. The van der Waals surface area contributed by atoms with Gasteiger partial charge in [-0.3, -0.25) is 5.32 Å². The second kappa shape index (κ2) is 8.42. The Labute approximate surface area is 166 Å². The number of anilines is 3. The Morgan fingerprint density at radius 3 is 2.83 bits per heavy atom. The maximum atomic E-state index is 13.9. The Balaban J connectivity index is 2.19. The van der Waals surface area contributed by atoms with Crippen molar-refractivity contribution in [3.8, 4) is 12.3 Å². The van der Waals surface area contributed by atoms with Crippen molar-refractivity contribution in [1.29, 1.82) is 10.5 Å². The van der Waals surface area contributed by atoms with Gasteiger partial charge in [-0.1, -0.05) is 13.0 Å². The predicted octanol–water partition coefficient (Wildman–Crippen LogP) is 2.12. The number of nitrogens with zero attached hydrogens (tertiary/aromatic N) is 4. The second-order valence-electron chi connectivity index (χ2n) is 6.30. The third-order valence-corrected chi connectivity index (χ3v) is 4.36. The zero-order valence-corrected chi connectivity index (χ0v) is 15.7. The van der Waals surface area contributed by atoms with E-state index in [0.717, 1.165) is 6.42 Å². The number of aliphatic imine (C=N–C) groups is 1. The van der Waals surface area contributed by atoms with Gasteiger partial charge < -0.3 is 21.5 Å². The van der Waals surface area contributed by atoms with Gasteiger partial charge >= 0.3 is 0 Å². The van der Waals surface area contributed by atoms with Gasteiger partial charge in [-0.05, 0) is 29.7 Å². The normalized spacial score (nSPS) is 14.8. The molecule has 2 aromatic rings. The van der Waals surface area contributed by atoms with Crippen LogP contribution in [0.5, 0.6) is 0 Å². The number of hydrogen-bond acceptors (Lipinski definition) is 9. The number of nitrogens with two attached hydrogens (primary N) is 2. The van der Waals surface area contributed by atoms with Crippen molar-refractivity contribution < 1.29 is 9.13 Å². The number of nitrogen functional groups attached to an aromatic ring is 2. The van der Waals surface area contributed by atoms with E-state index in [1.165, 1.54) is 12.1 Å². The molecule has 1 aliphatic rings. The van der Waals surface area contributed by atoms with Crippen LogP contribution < -0.4 is 22.1 Å². The van der Waals surface area contributed by atoms with Gasteiger partial charge in [-0.2, -0.15) is 10.5 Å². The van der Waals surface area contributed by atoms with Crippen LogP contribution in [0.4, 0.5) is 21.7 Å². The molecule has 6 N–H and O–H groups in total. The molecule has 1 aromatic carbocycles. The van der Waals surface area contributed by atoms with Crippen molar-refractivity contribution in [1.82, 2.24) is 10.3 Å². The van der Waals surface area contributed by atoms with E-state index in [4.69, 9.17) is 21.5 Å².